The molecule has 0 spiro atoms. The SMILES string of the molecule is Cc1cc(C)cc(Nc2cccc(Cl)n2)c1. The molecule has 1 heterocycles. The highest BCUT2D eigenvalue weighted by Crippen LogP contribution is 2.19. The maximum atomic E-state index is 5.82. The van der Waals surface area contributed by atoms with E-state index in [-0.39, 0.29) is 0 Å². The molecule has 2 aromatic rings. The minimum atomic E-state index is 0.495. The summed E-state index contributed by atoms with van der Waals surface area (Å²) < 4.78 is 0. The average Bonchev–Trinajstić information content (AvgIpc) is 2.15. The van der Waals surface area contributed by atoms with Gasteiger partial charge in [-0.25, -0.2) is 4.98 Å². The Kier molecular flexibility index (Phi) is 3.11. The van der Waals surface area contributed by atoms with Crippen LogP contribution in [0.1, 0.15) is 11.1 Å². The normalized spacial score (nSPS) is 10.2. The van der Waals surface area contributed by atoms with Crippen LogP contribution in [0.15, 0.2) is 36.4 Å². The van der Waals surface area contributed by atoms with Gasteiger partial charge < -0.3 is 5.32 Å². The van der Waals surface area contributed by atoms with Crippen LogP contribution >= 0.6 is 11.6 Å². The lowest BCUT2D eigenvalue weighted by atomic mass is 10.1. The van der Waals surface area contributed by atoms with Gasteiger partial charge in [-0.1, -0.05) is 23.7 Å². The van der Waals surface area contributed by atoms with Crippen molar-refractivity contribution in [3.05, 3.63) is 52.7 Å². The van der Waals surface area contributed by atoms with Crippen LogP contribution in [0.2, 0.25) is 5.15 Å². The Morgan fingerprint density at radius 3 is 2.38 bits per heavy atom. The van der Waals surface area contributed by atoms with Crippen molar-refractivity contribution in [1.29, 1.82) is 0 Å². The summed E-state index contributed by atoms with van der Waals surface area (Å²) in [4.78, 5) is 4.18. The molecule has 0 unspecified atom stereocenters. The van der Waals surface area contributed by atoms with Gasteiger partial charge in [0.15, 0.2) is 0 Å². The van der Waals surface area contributed by atoms with Crippen LogP contribution < -0.4 is 5.32 Å². The van der Waals surface area contributed by atoms with Gasteiger partial charge in [-0.05, 0) is 49.2 Å². The van der Waals surface area contributed by atoms with Gasteiger partial charge in [-0.15, -0.1) is 0 Å². The summed E-state index contributed by atoms with van der Waals surface area (Å²) in [6.07, 6.45) is 0. The van der Waals surface area contributed by atoms with E-state index in [2.05, 4.69) is 42.3 Å². The second-order valence-electron chi connectivity index (χ2n) is 3.85. The molecule has 1 aromatic carbocycles. The van der Waals surface area contributed by atoms with E-state index in [9.17, 15) is 0 Å². The minimum absolute atomic E-state index is 0.495. The van der Waals surface area contributed by atoms with Crippen molar-refractivity contribution in [2.45, 2.75) is 13.8 Å². The number of nitrogens with one attached hydrogen (secondary N) is 1. The molecule has 0 aliphatic rings. The molecule has 0 amide bonds. The number of aromatic nitrogens is 1. The third kappa shape index (κ3) is 2.74. The molecule has 0 saturated carbocycles. The van der Waals surface area contributed by atoms with E-state index in [0.29, 0.717) is 5.15 Å². The quantitative estimate of drug-likeness (QED) is 0.789. The second kappa shape index (κ2) is 4.54. The first-order valence-electron chi connectivity index (χ1n) is 5.11. The monoisotopic (exact) mass is 232 g/mol. The van der Waals surface area contributed by atoms with Crippen molar-refractivity contribution in [3.8, 4) is 0 Å². The summed E-state index contributed by atoms with van der Waals surface area (Å²) in [6.45, 7) is 4.15. The summed E-state index contributed by atoms with van der Waals surface area (Å²) >= 11 is 5.82. The predicted octanol–water partition coefficient (Wildman–Crippen LogP) is 4.10. The van der Waals surface area contributed by atoms with E-state index in [4.69, 9.17) is 11.6 Å². The number of benzene rings is 1. The van der Waals surface area contributed by atoms with Crippen LogP contribution in [0, 0.1) is 13.8 Å². The number of hydrogen-bond acceptors (Lipinski definition) is 2. The molecule has 1 aromatic heterocycles. The van der Waals surface area contributed by atoms with E-state index in [1.165, 1.54) is 11.1 Å². The third-order valence-corrected chi connectivity index (χ3v) is 2.42. The Morgan fingerprint density at radius 1 is 1.06 bits per heavy atom. The van der Waals surface area contributed by atoms with Gasteiger partial charge >= 0.3 is 0 Å². The van der Waals surface area contributed by atoms with E-state index in [1.54, 1.807) is 6.07 Å². The molecule has 2 nitrogen and oxygen atoms in total. The van der Waals surface area contributed by atoms with Crippen LogP contribution in [0.5, 0.6) is 0 Å². The number of rotatable bonds is 2. The fourth-order valence-electron chi connectivity index (χ4n) is 1.67. The molecule has 0 bridgehead atoms. The van der Waals surface area contributed by atoms with Crippen LogP contribution in [-0.4, -0.2) is 4.98 Å². The maximum absolute atomic E-state index is 5.82. The number of halogens is 1. The Morgan fingerprint density at radius 2 is 1.75 bits per heavy atom. The van der Waals surface area contributed by atoms with Crippen LogP contribution in [0.3, 0.4) is 0 Å². The highest BCUT2D eigenvalue weighted by Gasteiger charge is 1.98. The fraction of sp³-hybridized carbons (Fsp3) is 0.154. The standard InChI is InChI=1S/C13H13ClN2/c1-9-6-10(2)8-11(7-9)15-13-5-3-4-12(14)16-13/h3-8H,1-2H3,(H,15,16). The molecule has 0 atom stereocenters. The van der Waals surface area contributed by atoms with Gasteiger partial charge in [0.25, 0.3) is 0 Å². The molecule has 0 saturated heterocycles. The van der Waals surface area contributed by atoms with Crippen molar-refractivity contribution in [2.75, 3.05) is 5.32 Å². The minimum Gasteiger partial charge on any atom is -0.340 e. The smallest absolute Gasteiger partial charge is 0.132 e. The zero-order chi connectivity index (χ0) is 11.5. The zero-order valence-corrected chi connectivity index (χ0v) is 10.0. The molecule has 0 radical (unpaired) electrons. The second-order valence-corrected chi connectivity index (χ2v) is 4.23. The van der Waals surface area contributed by atoms with Gasteiger partial charge in [-0.3, -0.25) is 0 Å². The first-order chi connectivity index (χ1) is 7.63. The summed E-state index contributed by atoms with van der Waals surface area (Å²) in [6, 6.07) is 11.8. The van der Waals surface area contributed by atoms with E-state index in [0.717, 1.165) is 11.5 Å². The maximum Gasteiger partial charge on any atom is 0.132 e. The van der Waals surface area contributed by atoms with Crippen LogP contribution in [-0.2, 0) is 0 Å². The van der Waals surface area contributed by atoms with E-state index >= 15 is 0 Å². The largest absolute Gasteiger partial charge is 0.340 e. The fourth-order valence-corrected chi connectivity index (χ4v) is 1.84. The molecular formula is C13H13ClN2. The van der Waals surface area contributed by atoms with Crippen molar-refractivity contribution in [3.63, 3.8) is 0 Å². The molecule has 16 heavy (non-hydrogen) atoms. The average molecular weight is 233 g/mol. The number of hydrogen-bond donors (Lipinski definition) is 1. The number of aryl methyl sites for hydroxylation is 2. The lowest BCUT2D eigenvalue weighted by Gasteiger charge is -2.07. The molecule has 0 aliphatic heterocycles. The molecule has 1 N–H and O–H groups in total. The number of anilines is 2. The Labute approximate surface area is 100 Å². The Hall–Kier alpha value is -1.54. The van der Waals surface area contributed by atoms with Crippen LogP contribution in [0.25, 0.3) is 0 Å². The molecule has 2 rings (SSSR count). The predicted molar refractivity (Wildman–Crippen MR) is 68.4 cm³/mol. The first-order valence-corrected chi connectivity index (χ1v) is 5.49. The summed E-state index contributed by atoms with van der Waals surface area (Å²) in [5.41, 5.74) is 3.49. The molecular weight excluding hydrogens is 220 g/mol. The Balaban J connectivity index is 2.27. The highest BCUT2D eigenvalue weighted by atomic mass is 35.5. The van der Waals surface area contributed by atoms with Gasteiger partial charge in [0.05, 0.1) is 0 Å². The van der Waals surface area contributed by atoms with Gasteiger partial charge in [0, 0.05) is 5.69 Å². The lowest BCUT2D eigenvalue weighted by Crippen LogP contribution is -1.94. The zero-order valence-electron chi connectivity index (χ0n) is 9.29. The van der Waals surface area contributed by atoms with E-state index in [1.807, 2.05) is 12.1 Å². The van der Waals surface area contributed by atoms with Crippen molar-refractivity contribution < 1.29 is 0 Å². The topological polar surface area (TPSA) is 24.9 Å². The summed E-state index contributed by atoms with van der Waals surface area (Å²) in [5, 5.41) is 3.73. The summed E-state index contributed by atoms with van der Waals surface area (Å²) in [7, 11) is 0. The van der Waals surface area contributed by atoms with Gasteiger partial charge in [0.2, 0.25) is 0 Å². The lowest BCUT2D eigenvalue weighted by molar-refractivity contribution is 1.29. The first kappa shape index (κ1) is 11.0. The highest BCUT2D eigenvalue weighted by molar-refractivity contribution is 6.29. The number of pyridine rings is 1. The molecule has 82 valence electrons. The molecule has 0 fully saturated rings. The van der Waals surface area contributed by atoms with E-state index < -0.39 is 0 Å². The van der Waals surface area contributed by atoms with Crippen molar-refractivity contribution in [2.24, 2.45) is 0 Å². The Bertz CT molecular complexity index is 489. The van der Waals surface area contributed by atoms with Crippen molar-refractivity contribution >= 4 is 23.1 Å². The van der Waals surface area contributed by atoms with Crippen LogP contribution in [0.4, 0.5) is 11.5 Å². The van der Waals surface area contributed by atoms with Gasteiger partial charge in [0.1, 0.15) is 11.0 Å². The summed E-state index contributed by atoms with van der Waals surface area (Å²) in [5.74, 6) is 0.762. The van der Waals surface area contributed by atoms with Gasteiger partial charge in [-0.2, -0.15) is 0 Å². The molecule has 0 aliphatic carbocycles. The third-order valence-electron chi connectivity index (χ3n) is 2.21. The van der Waals surface area contributed by atoms with Crippen molar-refractivity contribution in [1.82, 2.24) is 4.98 Å². The number of nitrogens with zero attached hydrogens (tertiary/aromatic N) is 1. The molecule has 3 heteroatoms.